The van der Waals surface area contributed by atoms with Crippen molar-refractivity contribution in [2.24, 2.45) is 0 Å². The lowest BCUT2D eigenvalue weighted by molar-refractivity contribution is 0.0775. The summed E-state index contributed by atoms with van der Waals surface area (Å²) in [5.74, 6) is 1.15. The van der Waals surface area contributed by atoms with Crippen LogP contribution in [0.1, 0.15) is 10.4 Å². The first-order valence-corrected chi connectivity index (χ1v) is 6.08. The second-order valence-corrected chi connectivity index (χ2v) is 4.03. The molecule has 90 valence electrons. The van der Waals surface area contributed by atoms with Crippen LogP contribution < -0.4 is 4.74 Å². The zero-order chi connectivity index (χ0) is 12.1. The highest BCUT2D eigenvalue weighted by Gasteiger charge is 2.21. The van der Waals surface area contributed by atoms with Gasteiger partial charge < -0.3 is 9.64 Å². The topological polar surface area (TPSA) is 29.5 Å². The van der Waals surface area contributed by atoms with E-state index in [9.17, 15) is 4.79 Å². The number of hydrogen-bond donors (Lipinski definition) is 0. The summed E-state index contributed by atoms with van der Waals surface area (Å²) in [6, 6.07) is 7.33. The molecule has 1 aromatic carbocycles. The van der Waals surface area contributed by atoms with Crippen LogP contribution in [0.2, 0.25) is 0 Å². The van der Waals surface area contributed by atoms with E-state index >= 15 is 0 Å². The highest BCUT2D eigenvalue weighted by atomic mass is 35.5. The second kappa shape index (κ2) is 5.73. The summed E-state index contributed by atoms with van der Waals surface area (Å²) in [5, 5.41) is 0. The van der Waals surface area contributed by atoms with E-state index < -0.39 is 0 Å². The number of fused-ring (bicyclic) bond motifs is 1. The molecule has 0 aromatic heterocycles. The Morgan fingerprint density at radius 1 is 1.35 bits per heavy atom. The SMILES string of the molecule is O=C1c2ccccc2OCCN1C/C=C/CCl. The second-order valence-electron chi connectivity index (χ2n) is 3.72. The minimum Gasteiger partial charge on any atom is -0.491 e. The Labute approximate surface area is 106 Å². The van der Waals surface area contributed by atoms with Gasteiger partial charge in [-0.15, -0.1) is 11.6 Å². The smallest absolute Gasteiger partial charge is 0.258 e. The lowest BCUT2D eigenvalue weighted by atomic mass is 10.2. The first kappa shape index (κ1) is 12.0. The van der Waals surface area contributed by atoms with Crippen molar-refractivity contribution in [3.63, 3.8) is 0 Å². The third-order valence-electron chi connectivity index (χ3n) is 2.61. The number of amides is 1. The van der Waals surface area contributed by atoms with Gasteiger partial charge in [0.2, 0.25) is 0 Å². The van der Waals surface area contributed by atoms with Crippen LogP contribution in [-0.4, -0.2) is 36.4 Å². The molecule has 0 atom stereocenters. The van der Waals surface area contributed by atoms with Crippen molar-refractivity contribution in [1.29, 1.82) is 0 Å². The van der Waals surface area contributed by atoms with Gasteiger partial charge in [-0.2, -0.15) is 0 Å². The monoisotopic (exact) mass is 251 g/mol. The maximum absolute atomic E-state index is 12.2. The highest BCUT2D eigenvalue weighted by molar-refractivity contribution is 6.18. The predicted octanol–water partition coefficient (Wildman–Crippen LogP) is 2.32. The number of para-hydroxylation sites is 1. The molecule has 0 fully saturated rings. The van der Waals surface area contributed by atoms with Crippen molar-refractivity contribution in [2.45, 2.75) is 0 Å². The number of ether oxygens (including phenoxy) is 1. The fraction of sp³-hybridized carbons (Fsp3) is 0.308. The molecule has 17 heavy (non-hydrogen) atoms. The van der Waals surface area contributed by atoms with E-state index in [-0.39, 0.29) is 5.91 Å². The molecule has 1 amide bonds. The highest BCUT2D eigenvalue weighted by Crippen LogP contribution is 2.22. The normalized spacial score (nSPS) is 15.6. The Morgan fingerprint density at radius 3 is 3.00 bits per heavy atom. The van der Waals surface area contributed by atoms with Gasteiger partial charge in [-0.25, -0.2) is 0 Å². The van der Waals surface area contributed by atoms with Gasteiger partial charge in [0.05, 0.1) is 12.1 Å². The van der Waals surface area contributed by atoms with Crippen LogP contribution in [-0.2, 0) is 0 Å². The average molecular weight is 252 g/mol. The van der Waals surface area contributed by atoms with Crippen molar-refractivity contribution in [2.75, 3.05) is 25.6 Å². The van der Waals surface area contributed by atoms with Crippen LogP contribution in [0.25, 0.3) is 0 Å². The van der Waals surface area contributed by atoms with Gasteiger partial charge in [0.25, 0.3) is 5.91 Å². The van der Waals surface area contributed by atoms with Crippen LogP contribution in [0.4, 0.5) is 0 Å². The Balaban J connectivity index is 2.17. The summed E-state index contributed by atoms with van der Waals surface area (Å²) in [6.07, 6.45) is 3.74. The van der Waals surface area contributed by atoms with Gasteiger partial charge in [0.1, 0.15) is 12.4 Å². The minimum absolute atomic E-state index is 0.0114. The van der Waals surface area contributed by atoms with Crippen molar-refractivity contribution in [1.82, 2.24) is 4.90 Å². The molecule has 0 aliphatic carbocycles. The molecule has 3 nitrogen and oxygen atoms in total. The number of allylic oxidation sites excluding steroid dienone is 1. The number of alkyl halides is 1. The van der Waals surface area contributed by atoms with E-state index in [1.807, 2.05) is 30.4 Å². The quantitative estimate of drug-likeness (QED) is 0.610. The molecule has 1 heterocycles. The van der Waals surface area contributed by atoms with E-state index in [4.69, 9.17) is 16.3 Å². The molecular formula is C13H14ClNO2. The first-order chi connectivity index (χ1) is 8.33. The molecule has 1 aliphatic heterocycles. The molecule has 0 radical (unpaired) electrons. The van der Waals surface area contributed by atoms with Crippen molar-refractivity contribution >= 4 is 17.5 Å². The van der Waals surface area contributed by atoms with Gasteiger partial charge in [-0.1, -0.05) is 24.3 Å². The van der Waals surface area contributed by atoms with E-state index in [2.05, 4.69) is 0 Å². The first-order valence-electron chi connectivity index (χ1n) is 5.55. The van der Waals surface area contributed by atoms with Crippen molar-refractivity contribution < 1.29 is 9.53 Å². The van der Waals surface area contributed by atoms with Gasteiger partial charge in [-0.3, -0.25) is 4.79 Å². The fourth-order valence-corrected chi connectivity index (χ4v) is 1.87. The molecule has 0 spiro atoms. The largest absolute Gasteiger partial charge is 0.491 e. The molecular weight excluding hydrogens is 238 g/mol. The van der Waals surface area contributed by atoms with Crippen molar-refractivity contribution in [3.8, 4) is 5.75 Å². The Morgan fingerprint density at radius 2 is 2.18 bits per heavy atom. The van der Waals surface area contributed by atoms with E-state index in [1.54, 1.807) is 11.0 Å². The van der Waals surface area contributed by atoms with Crippen LogP contribution in [0.5, 0.6) is 5.75 Å². The Bertz CT molecular complexity index is 431. The Kier molecular flexibility index (Phi) is 4.04. The zero-order valence-electron chi connectivity index (χ0n) is 9.43. The molecule has 1 aliphatic rings. The van der Waals surface area contributed by atoms with E-state index in [1.165, 1.54) is 0 Å². The maximum Gasteiger partial charge on any atom is 0.258 e. The number of rotatable bonds is 3. The molecule has 0 N–H and O–H groups in total. The number of hydrogen-bond acceptors (Lipinski definition) is 2. The molecule has 0 bridgehead atoms. The zero-order valence-corrected chi connectivity index (χ0v) is 10.2. The average Bonchev–Trinajstić information content (AvgIpc) is 2.51. The molecule has 0 saturated heterocycles. The minimum atomic E-state index is 0.0114. The van der Waals surface area contributed by atoms with Crippen molar-refractivity contribution in [3.05, 3.63) is 42.0 Å². The predicted molar refractivity (Wildman–Crippen MR) is 67.7 cm³/mol. The van der Waals surface area contributed by atoms with Gasteiger partial charge in [-0.05, 0) is 12.1 Å². The molecule has 2 rings (SSSR count). The number of carbonyl (C=O) groups is 1. The number of benzene rings is 1. The van der Waals surface area contributed by atoms with Crippen LogP contribution >= 0.6 is 11.6 Å². The third-order valence-corrected chi connectivity index (χ3v) is 2.78. The van der Waals surface area contributed by atoms with Crippen LogP contribution in [0.3, 0.4) is 0 Å². The lowest BCUT2D eigenvalue weighted by Crippen LogP contribution is -2.32. The van der Waals surface area contributed by atoms with Crippen LogP contribution in [0.15, 0.2) is 36.4 Å². The van der Waals surface area contributed by atoms with E-state index in [0.29, 0.717) is 36.9 Å². The van der Waals surface area contributed by atoms with Gasteiger partial charge >= 0.3 is 0 Å². The molecule has 4 heteroatoms. The number of nitrogens with zero attached hydrogens (tertiary/aromatic N) is 1. The summed E-state index contributed by atoms with van der Waals surface area (Å²) < 4.78 is 5.54. The fourth-order valence-electron chi connectivity index (χ4n) is 1.75. The number of carbonyl (C=O) groups excluding carboxylic acids is 1. The summed E-state index contributed by atoms with van der Waals surface area (Å²) in [6.45, 7) is 1.70. The standard InChI is InChI=1S/C13H14ClNO2/c14-7-3-4-8-15-9-10-17-12-6-2-1-5-11(12)13(15)16/h1-6H,7-10H2/b4-3+. The summed E-state index contributed by atoms with van der Waals surface area (Å²) in [4.78, 5) is 14.0. The molecule has 0 unspecified atom stereocenters. The van der Waals surface area contributed by atoms with Gasteiger partial charge in [0, 0.05) is 12.4 Å². The summed E-state index contributed by atoms with van der Waals surface area (Å²) in [5.41, 5.74) is 0.629. The third kappa shape index (κ3) is 2.80. The maximum atomic E-state index is 12.2. The number of halogens is 1. The lowest BCUT2D eigenvalue weighted by Gasteiger charge is -2.17. The Hall–Kier alpha value is -1.48. The van der Waals surface area contributed by atoms with E-state index in [0.717, 1.165) is 0 Å². The summed E-state index contributed by atoms with van der Waals surface area (Å²) >= 11 is 5.55. The molecule has 0 saturated carbocycles. The van der Waals surface area contributed by atoms with Gasteiger partial charge in [0.15, 0.2) is 0 Å². The van der Waals surface area contributed by atoms with Crippen LogP contribution in [0, 0.1) is 0 Å². The summed E-state index contributed by atoms with van der Waals surface area (Å²) in [7, 11) is 0. The molecule has 1 aromatic rings.